The van der Waals surface area contributed by atoms with Crippen LogP contribution in [0, 0.1) is 5.92 Å². The molecule has 1 heterocycles. The first-order valence-electron chi connectivity index (χ1n) is 5.43. The fourth-order valence-corrected chi connectivity index (χ4v) is 1.59. The molecule has 14 heavy (non-hydrogen) atoms. The highest BCUT2D eigenvalue weighted by molar-refractivity contribution is 5.70. The van der Waals surface area contributed by atoms with Gasteiger partial charge in [0, 0.05) is 15.0 Å². The Morgan fingerprint density at radius 1 is 1.64 bits per heavy atom. The number of rotatable bonds is 2. The Hall–Kier alpha value is -0.570. The molecule has 0 bridgehead atoms. The summed E-state index contributed by atoms with van der Waals surface area (Å²) in [6, 6.07) is 0. The van der Waals surface area contributed by atoms with E-state index in [2.05, 4.69) is 19.6 Å². The number of hydrogen-bond donors (Lipinski definition) is 1. The van der Waals surface area contributed by atoms with Gasteiger partial charge in [0.05, 0.1) is 6.10 Å². The number of amides is 1. The van der Waals surface area contributed by atoms with Gasteiger partial charge >= 0.3 is 0 Å². The van der Waals surface area contributed by atoms with Gasteiger partial charge in [0.25, 0.3) is 0 Å². The minimum Gasteiger partial charge on any atom is -0.378 e. The van der Waals surface area contributed by atoms with E-state index in [4.69, 9.17) is 4.74 Å². The van der Waals surface area contributed by atoms with Crippen LogP contribution >= 0.6 is 0 Å². The van der Waals surface area contributed by atoms with Gasteiger partial charge in [-0.15, -0.1) is 0 Å². The molecule has 1 aliphatic rings. The standard InChI is InChI=1S/C9H18O.C2H5NO.H2/c1-3-4-9-7-8(2)5-6-10-9;1-2(3)4;/h8-9H,3-7H2,1-2H3;1H3,(H2,3,4);1H/t8-,9+;;/m0../s1. The Morgan fingerprint density at radius 3 is 2.64 bits per heavy atom. The summed E-state index contributed by atoms with van der Waals surface area (Å²) < 4.78 is 5.59. The quantitative estimate of drug-likeness (QED) is 0.749. The van der Waals surface area contributed by atoms with Crippen LogP contribution in [0.1, 0.15) is 47.9 Å². The molecule has 0 radical (unpaired) electrons. The molecule has 2 N–H and O–H groups in total. The van der Waals surface area contributed by atoms with Crippen LogP contribution in [-0.4, -0.2) is 18.6 Å². The summed E-state index contributed by atoms with van der Waals surface area (Å²) in [4.78, 5) is 9.22. The van der Waals surface area contributed by atoms with Crippen molar-refractivity contribution in [2.24, 2.45) is 11.7 Å². The van der Waals surface area contributed by atoms with E-state index in [0.717, 1.165) is 12.5 Å². The molecule has 2 atom stereocenters. The maximum Gasteiger partial charge on any atom is 0.214 e. The molecule has 3 nitrogen and oxygen atoms in total. The van der Waals surface area contributed by atoms with Gasteiger partial charge in [-0.05, 0) is 25.2 Å². The first kappa shape index (κ1) is 13.4. The van der Waals surface area contributed by atoms with Gasteiger partial charge in [-0.25, -0.2) is 0 Å². The average Bonchev–Trinajstić information content (AvgIpc) is 2.03. The highest BCUT2D eigenvalue weighted by Crippen LogP contribution is 2.21. The van der Waals surface area contributed by atoms with E-state index >= 15 is 0 Å². The Balaban J connectivity index is 0. The van der Waals surface area contributed by atoms with Gasteiger partial charge in [0.1, 0.15) is 0 Å². The number of primary amides is 1. The molecule has 1 fully saturated rings. The number of carbonyl (C=O) groups excluding carboxylic acids is 1. The fraction of sp³-hybridized carbons (Fsp3) is 0.909. The van der Waals surface area contributed by atoms with Crippen LogP contribution < -0.4 is 5.73 Å². The Labute approximate surface area is 88.5 Å². The van der Waals surface area contributed by atoms with Crippen LogP contribution in [0.4, 0.5) is 0 Å². The highest BCUT2D eigenvalue weighted by Gasteiger charge is 2.17. The second-order valence-electron chi connectivity index (χ2n) is 4.02. The fourth-order valence-electron chi connectivity index (χ4n) is 1.59. The third-order valence-corrected chi connectivity index (χ3v) is 2.24. The van der Waals surface area contributed by atoms with Crippen molar-refractivity contribution in [3.05, 3.63) is 0 Å². The molecule has 0 aromatic carbocycles. The minimum absolute atomic E-state index is 0. The molecule has 1 amide bonds. The van der Waals surface area contributed by atoms with Crippen molar-refractivity contribution < 1.29 is 11.0 Å². The summed E-state index contributed by atoms with van der Waals surface area (Å²) in [5, 5.41) is 0. The predicted molar refractivity (Wildman–Crippen MR) is 60.0 cm³/mol. The average molecular weight is 203 g/mol. The topological polar surface area (TPSA) is 52.3 Å². The lowest BCUT2D eigenvalue weighted by molar-refractivity contribution is -0.115. The van der Waals surface area contributed by atoms with Crippen LogP contribution in [0.2, 0.25) is 0 Å². The van der Waals surface area contributed by atoms with Gasteiger partial charge in [-0.2, -0.15) is 0 Å². The zero-order valence-electron chi connectivity index (χ0n) is 9.58. The summed E-state index contributed by atoms with van der Waals surface area (Å²) in [6.45, 7) is 6.85. The number of nitrogens with two attached hydrogens (primary N) is 1. The van der Waals surface area contributed by atoms with Crippen LogP contribution in [0.25, 0.3) is 0 Å². The summed E-state index contributed by atoms with van der Waals surface area (Å²) in [7, 11) is 0. The van der Waals surface area contributed by atoms with E-state index in [1.807, 2.05) is 0 Å². The molecule has 0 unspecified atom stereocenters. The molecular formula is C11H25NO2. The van der Waals surface area contributed by atoms with E-state index < -0.39 is 0 Å². The van der Waals surface area contributed by atoms with Crippen molar-refractivity contribution in [2.45, 2.75) is 52.6 Å². The van der Waals surface area contributed by atoms with Crippen molar-refractivity contribution in [1.29, 1.82) is 0 Å². The van der Waals surface area contributed by atoms with E-state index in [-0.39, 0.29) is 7.33 Å². The van der Waals surface area contributed by atoms with Crippen LogP contribution in [0.15, 0.2) is 0 Å². The molecule has 0 aromatic heterocycles. The Bertz CT molecular complexity index is 159. The van der Waals surface area contributed by atoms with Gasteiger partial charge in [-0.3, -0.25) is 4.79 Å². The second-order valence-corrected chi connectivity index (χ2v) is 4.02. The highest BCUT2D eigenvalue weighted by atomic mass is 16.5. The number of carbonyl (C=O) groups is 1. The predicted octanol–water partition coefficient (Wildman–Crippen LogP) is 2.34. The first-order chi connectivity index (χ1) is 6.56. The number of ether oxygens (including phenoxy) is 1. The molecule has 0 saturated carbocycles. The lowest BCUT2D eigenvalue weighted by atomic mass is 9.95. The first-order valence-corrected chi connectivity index (χ1v) is 5.43. The van der Waals surface area contributed by atoms with E-state index in [1.54, 1.807) is 0 Å². The van der Waals surface area contributed by atoms with E-state index in [0.29, 0.717) is 6.10 Å². The third kappa shape index (κ3) is 8.05. The second kappa shape index (κ2) is 7.80. The van der Waals surface area contributed by atoms with Gasteiger partial charge in [-0.1, -0.05) is 20.3 Å². The summed E-state index contributed by atoms with van der Waals surface area (Å²) in [6.07, 6.45) is 5.64. The third-order valence-electron chi connectivity index (χ3n) is 2.24. The maximum atomic E-state index is 9.22. The minimum atomic E-state index is -0.333. The lowest BCUT2D eigenvalue weighted by Gasteiger charge is -2.26. The molecule has 3 heteroatoms. The van der Waals surface area contributed by atoms with E-state index in [1.165, 1.54) is 32.6 Å². The van der Waals surface area contributed by atoms with Crippen LogP contribution in [0.3, 0.4) is 0 Å². The molecule has 0 aliphatic carbocycles. The molecule has 0 spiro atoms. The van der Waals surface area contributed by atoms with Crippen molar-refractivity contribution in [2.75, 3.05) is 6.61 Å². The van der Waals surface area contributed by atoms with Crippen molar-refractivity contribution in [1.82, 2.24) is 0 Å². The van der Waals surface area contributed by atoms with Gasteiger partial charge in [0.15, 0.2) is 0 Å². The molecule has 1 saturated heterocycles. The zero-order chi connectivity index (χ0) is 11.0. The van der Waals surface area contributed by atoms with Crippen LogP contribution in [-0.2, 0) is 9.53 Å². The SMILES string of the molecule is CC(N)=O.CCC[C@@H]1C[C@@H](C)CCO1.[HH]. The van der Waals surface area contributed by atoms with Gasteiger partial charge < -0.3 is 10.5 Å². The van der Waals surface area contributed by atoms with Crippen molar-refractivity contribution in [3.8, 4) is 0 Å². The maximum absolute atomic E-state index is 9.22. The smallest absolute Gasteiger partial charge is 0.214 e. The summed E-state index contributed by atoms with van der Waals surface area (Å²) in [5.41, 5.74) is 4.47. The zero-order valence-corrected chi connectivity index (χ0v) is 9.58. The van der Waals surface area contributed by atoms with Gasteiger partial charge in [0.2, 0.25) is 5.91 Å². The Morgan fingerprint density at radius 2 is 2.21 bits per heavy atom. The van der Waals surface area contributed by atoms with Crippen molar-refractivity contribution >= 4 is 5.91 Å². The van der Waals surface area contributed by atoms with E-state index in [9.17, 15) is 4.79 Å². The monoisotopic (exact) mass is 203 g/mol. The summed E-state index contributed by atoms with van der Waals surface area (Å²) >= 11 is 0. The Kier molecular flexibility index (Phi) is 7.48. The normalized spacial score (nSPS) is 26.2. The molecule has 86 valence electrons. The summed E-state index contributed by atoms with van der Waals surface area (Å²) in [5.74, 6) is 0.560. The lowest BCUT2D eigenvalue weighted by Crippen LogP contribution is -2.23. The van der Waals surface area contributed by atoms with Crippen molar-refractivity contribution in [3.63, 3.8) is 0 Å². The molecule has 1 rings (SSSR count). The largest absolute Gasteiger partial charge is 0.378 e. The number of hydrogen-bond acceptors (Lipinski definition) is 2. The molecule has 0 aromatic rings. The van der Waals surface area contributed by atoms with Crippen LogP contribution in [0.5, 0.6) is 0 Å². The molecular weight excluding hydrogens is 178 g/mol. The molecule has 1 aliphatic heterocycles.